The molecule has 0 atom stereocenters. The highest BCUT2D eigenvalue weighted by Crippen LogP contribution is 2.35. The minimum absolute atomic E-state index is 0.164. The molecule has 2 amide bonds. The Labute approximate surface area is 155 Å². The van der Waals surface area contributed by atoms with Gasteiger partial charge in [-0.15, -0.1) is 11.3 Å². The first-order valence-corrected chi connectivity index (χ1v) is 9.82. The van der Waals surface area contributed by atoms with Crippen LogP contribution in [-0.2, 0) is 11.2 Å². The Bertz CT molecular complexity index is 827. The molecule has 0 bridgehead atoms. The summed E-state index contributed by atoms with van der Waals surface area (Å²) in [7, 11) is 0. The lowest BCUT2D eigenvalue weighted by molar-refractivity contribution is -0.122. The Morgan fingerprint density at radius 2 is 1.96 bits per heavy atom. The summed E-state index contributed by atoms with van der Waals surface area (Å²) in [6.07, 6.45) is 5.18. The number of fused-ring (bicyclic) bond motifs is 1. The van der Waals surface area contributed by atoms with Crippen LogP contribution in [0, 0.1) is 5.92 Å². The van der Waals surface area contributed by atoms with E-state index >= 15 is 0 Å². The van der Waals surface area contributed by atoms with Gasteiger partial charge in [-0.25, -0.2) is 0 Å². The largest absolute Gasteiger partial charge is 0.321 e. The van der Waals surface area contributed by atoms with Crippen LogP contribution < -0.4 is 10.2 Å². The smallest absolute Gasteiger partial charge is 0.265 e. The number of thiophene rings is 1. The summed E-state index contributed by atoms with van der Waals surface area (Å²) in [6, 6.07) is 9.25. The molecule has 6 heteroatoms. The van der Waals surface area contributed by atoms with Crippen LogP contribution >= 0.6 is 22.9 Å². The molecule has 1 aliphatic carbocycles. The van der Waals surface area contributed by atoms with Crippen LogP contribution in [0.15, 0.2) is 30.3 Å². The average molecular weight is 375 g/mol. The second-order valence-corrected chi connectivity index (χ2v) is 8.34. The van der Waals surface area contributed by atoms with Crippen molar-refractivity contribution in [3.05, 3.63) is 45.1 Å². The number of carbonyl (C=O) groups is 2. The van der Waals surface area contributed by atoms with Gasteiger partial charge in [-0.2, -0.15) is 0 Å². The maximum absolute atomic E-state index is 12.8. The molecule has 130 valence electrons. The lowest BCUT2D eigenvalue weighted by Gasteiger charge is -2.21. The van der Waals surface area contributed by atoms with Crippen LogP contribution in [0.2, 0.25) is 4.34 Å². The average Bonchev–Trinajstić information content (AvgIpc) is 3.34. The van der Waals surface area contributed by atoms with Crippen molar-refractivity contribution in [2.75, 3.05) is 16.8 Å². The van der Waals surface area contributed by atoms with E-state index in [1.807, 2.05) is 23.1 Å². The van der Waals surface area contributed by atoms with Gasteiger partial charge in [0.25, 0.3) is 5.91 Å². The fraction of sp³-hybridized carbons (Fsp3) is 0.368. The first-order chi connectivity index (χ1) is 12.1. The molecule has 2 aliphatic rings. The van der Waals surface area contributed by atoms with E-state index < -0.39 is 0 Å². The van der Waals surface area contributed by atoms with E-state index in [1.165, 1.54) is 16.9 Å². The zero-order valence-corrected chi connectivity index (χ0v) is 15.3. The number of halogens is 1. The molecule has 0 unspecified atom stereocenters. The van der Waals surface area contributed by atoms with Gasteiger partial charge in [-0.3, -0.25) is 9.59 Å². The molecule has 0 radical (unpaired) electrons. The molecular formula is C19H19ClN2O2S. The van der Waals surface area contributed by atoms with E-state index in [4.69, 9.17) is 11.6 Å². The first kappa shape index (κ1) is 16.6. The third-order valence-corrected chi connectivity index (χ3v) is 6.24. The maximum atomic E-state index is 12.8. The second kappa shape index (κ2) is 6.81. The Balaban J connectivity index is 1.53. The van der Waals surface area contributed by atoms with Crippen molar-refractivity contribution in [1.82, 2.24) is 0 Å². The van der Waals surface area contributed by atoms with Crippen molar-refractivity contribution >= 4 is 46.1 Å². The fourth-order valence-electron chi connectivity index (χ4n) is 3.71. The number of rotatable bonds is 3. The van der Waals surface area contributed by atoms with Crippen LogP contribution in [0.1, 0.15) is 40.9 Å². The van der Waals surface area contributed by atoms with Crippen LogP contribution in [-0.4, -0.2) is 18.4 Å². The van der Waals surface area contributed by atoms with E-state index in [0.29, 0.717) is 14.9 Å². The zero-order chi connectivity index (χ0) is 17.4. The minimum atomic E-state index is -0.177. The highest BCUT2D eigenvalue weighted by Gasteiger charge is 2.32. The summed E-state index contributed by atoms with van der Waals surface area (Å²) in [6.45, 7) is 0.739. The van der Waals surface area contributed by atoms with Gasteiger partial charge >= 0.3 is 0 Å². The first-order valence-electron chi connectivity index (χ1n) is 8.63. The van der Waals surface area contributed by atoms with Crippen LogP contribution in [0.3, 0.4) is 0 Å². The lowest BCUT2D eigenvalue weighted by Crippen LogP contribution is -2.33. The molecule has 0 saturated heterocycles. The van der Waals surface area contributed by atoms with Crippen molar-refractivity contribution in [1.29, 1.82) is 0 Å². The molecule has 4 nitrogen and oxygen atoms in total. The summed E-state index contributed by atoms with van der Waals surface area (Å²) >= 11 is 7.15. The van der Waals surface area contributed by atoms with E-state index in [2.05, 4.69) is 5.32 Å². The Kier molecular flexibility index (Phi) is 4.52. The molecule has 2 aromatic rings. The SMILES string of the molecule is O=C(Nc1ccc2c(c1)N(C(=O)C1CCCC1)CC2)c1ccc(Cl)s1. The highest BCUT2D eigenvalue weighted by atomic mass is 35.5. The van der Waals surface area contributed by atoms with Gasteiger partial charge in [-0.1, -0.05) is 30.5 Å². The van der Waals surface area contributed by atoms with Crippen molar-refractivity contribution in [3.8, 4) is 0 Å². The molecule has 4 rings (SSSR count). The Morgan fingerprint density at radius 1 is 1.16 bits per heavy atom. The van der Waals surface area contributed by atoms with Gasteiger partial charge in [-0.05, 0) is 49.1 Å². The summed E-state index contributed by atoms with van der Waals surface area (Å²) in [5.74, 6) is 0.228. The predicted octanol–water partition coefficient (Wildman–Crippen LogP) is 4.73. The van der Waals surface area contributed by atoms with E-state index in [0.717, 1.165) is 44.3 Å². The molecule has 1 fully saturated rings. The van der Waals surface area contributed by atoms with Gasteiger partial charge in [0.2, 0.25) is 5.91 Å². The van der Waals surface area contributed by atoms with Gasteiger partial charge in [0.05, 0.1) is 9.21 Å². The standard InChI is InChI=1S/C19H19ClN2O2S/c20-17-8-7-16(25-17)18(23)21-14-6-5-12-9-10-22(15(12)11-14)19(24)13-3-1-2-4-13/h5-8,11,13H,1-4,9-10H2,(H,21,23). The molecular weight excluding hydrogens is 356 g/mol. The van der Waals surface area contributed by atoms with Gasteiger partial charge in [0.15, 0.2) is 0 Å². The van der Waals surface area contributed by atoms with Crippen molar-refractivity contribution in [2.24, 2.45) is 5.92 Å². The predicted molar refractivity (Wildman–Crippen MR) is 102 cm³/mol. The zero-order valence-electron chi connectivity index (χ0n) is 13.8. The highest BCUT2D eigenvalue weighted by molar-refractivity contribution is 7.18. The topological polar surface area (TPSA) is 49.4 Å². The minimum Gasteiger partial charge on any atom is -0.321 e. The number of carbonyl (C=O) groups excluding carboxylic acids is 2. The maximum Gasteiger partial charge on any atom is 0.265 e. The molecule has 0 spiro atoms. The van der Waals surface area contributed by atoms with Gasteiger partial charge in [0, 0.05) is 23.8 Å². The molecule has 1 aromatic heterocycles. The number of hydrogen-bond donors (Lipinski definition) is 1. The van der Waals surface area contributed by atoms with Crippen molar-refractivity contribution in [2.45, 2.75) is 32.1 Å². The lowest BCUT2D eigenvalue weighted by atomic mass is 10.1. The number of anilines is 2. The summed E-state index contributed by atoms with van der Waals surface area (Å²) in [5.41, 5.74) is 2.82. The molecule has 1 N–H and O–H groups in total. The van der Waals surface area contributed by atoms with Gasteiger partial charge < -0.3 is 10.2 Å². The molecule has 1 aliphatic heterocycles. The van der Waals surface area contributed by atoms with E-state index in [1.54, 1.807) is 12.1 Å². The number of hydrogen-bond acceptors (Lipinski definition) is 3. The third kappa shape index (κ3) is 3.31. The fourth-order valence-corrected chi connectivity index (χ4v) is 4.65. The third-order valence-electron chi connectivity index (χ3n) is 5.01. The molecule has 1 aromatic carbocycles. The number of nitrogens with one attached hydrogen (secondary N) is 1. The summed E-state index contributed by atoms with van der Waals surface area (Å²) in [5, 5.41) is 2.91. The van der Waals surface area contributed by atoms with Crippen molar-refractivity contribution in [3.63, 3.8) is 0 Å². The van der Waals surface area contributed by atoms with Crippen LogP contribution in [0.5, 0.6) is 0 Å². The Morgan fingerprint density at radius 3 is 2.68 bits per heavy atom. The number of amides is 2. The molecule has 2 heterocycles. The summed E-state index contributed by atoms with van der Waals surface area (Å²) in [4.78, 5) is 27.6. The second-order valence-electron chi connectivity index (χ2n) is 6.62. The van der Waals surface area contributed by atoms with Crippen molar-refractivity contribution < 1.29 is 9.59 Å². The number of nitrogens with zero attached hydrogens (tertiary/aromatic N) is 1. The quantitative estimate of drug-likeness (QED) is 0.844. The van der Waals surface area contributed by atoms with Crippen LogP contribution in [0.4, 0.5) is 11.4 Å². The molecule has 25 heavy (non-hydrogen) atoms. The normalized spacial score (nSPS) is 16.9. The van der Waals surface area contributed by atoms with Crippen LogP contribution in [0.25, 0.3) is 0 Å². The monoisotopic (exact) mass is 374 g/mol. The van der Waals surface area contributed by atoms with E-state index in [9.17, 15) is 9.59 Å². The molecule has 1 saturated carbocycles. The summed E-state index contributed by atoms with van der Waals surface area (Å²) < 4.78 is 0.590. The van der Waals surface area contributed by atoms with E-state index in [-0.39, 0.29) is 17.7 Å². The Hall–Kier alpha value is -1.85. The number of benzene rings is 1. The van der Waals surface area contributed by atoms with Gasteiger partial charge in [0.1, 0.15) is 0 Å².